The topological polar surface area (TPSA) is 58.2 Å². The summed E-state index contributed by atoms with van der Waals surface area (Å²) in [7, 11) is -4.39. The fourth-order valence-corrected chi connectivity index (χ4v) is 1.51. The van der Waals surface area contributed by atoms with Crippen molar-refractivity contribution in [3.05, 3.63) is 0 Å². The van der Waals surface area contributed by atoms with E-state index in [9.17, 15) is 17.2 Å². The maximum absolute atomic E-state index is 11.8. The monoisotopic (exact) mass is 228 g/mol. The first-order valence-corrected chi connectivity index (χ1v) is 6.07. The van der Waals surface area contributed by atoms with Crippen molar-refractivity contribution in [3.63, 3.8) is 0 Å². The van der Waals surface area contributed by atoms with Crippen LogP contribution in [0.1, 0.15) is 19.3 Å². The van der Waals surface area contributed by atoms with Gasteiger partial charge in [-0.25, -0.2) is 13.1 Å². The Balaban J connectivity index is 2.02. The zero-order chi connectivity index (χ0) is 10.6. The third-order valence-electron chi connectivity index (χ3n) is 1.90. The van der Waals surface area contributed by atoms with Crippen LogP contribution in [0, 0.1) is 0 Å². The Morgan fingerprint density at radius 2 is 1.93 bits per heavy atom. The van der Waals surface area contributed by atoms with Gasteiger partial charge in [0.15, 0.2) is 0 Å². The van der Waals surface area contributed by atoms with E-state index in [1.807, 2.05) is 4.72 Å². The second kappa shape index (κ2) is 4.99. The minimum absolute atomic E-state index is 0.0619. The Morgan fingerprint density at radius 1 is 1.29 bits per heavy atom. The Labute approximate surface area is 82.1 Å². The van der Waals surface area contributed by atoms with Gasteiger partial charge in [-0.1, -0.05) is 0 Å². The Hall–Kier alpha value is -0.270. The molecule has 0 aromatic heterocycles. The predicted molar refractivity (Wildman–Crippen MR) is 48.6 cm³/mol. The van der Waals surface area contributed by atoms with Crippen LogP contribution in [0.15, 0.2) is 0 Å². The van der Waals surface area contributed by atoms with Gasteiger partial charge in [0.25, 0.3) is 10.0 Å². The number of sulfonamides is 1. The molecule has 1 fully saturated rings. The first-order valence-electron chi connectivity index (χ1n) is 4.52. The minimum Gasteiger partial charge on any atom is -0.314 e. The molecule has 0 spiro atoms. The molecule has 4 nitrogen and oxygen atoms in total. The molecule has 0 bridgehead atoms. The van der Waals surface area contributed by atoms with Crippen molar-refractivity contribution in [1.82, 2.24) is 10.0 Å². The van der Waals surface area contributed by atoms with E-state index in [0.717, 1.165) is 12.8 Å². The highest BCUT2D eigenvalue weighted by Crippen LogP contribution is 2.18. The predicted octanol–water partition coefficient (Wildman–Crippen LogP) is 0.270. The first kappa shape index (κ1) is 11.8. The summed E-state index contributed by atoms with van der Waals surface area (Å²) in [4.78, 5) is 0. The molecule has 0 atom stereocenters. The van der Waals surface area contributed by atoms with Crippen LogP contribution in [-0.4, -0.2) is 33.3 Å². The minimum atomic E-state index is -4.39. The van der Waals surface area contributed by atoms with Crippen LogP contribution in [0.3, 0.4) is 0 Å². The van der Waals surface area contributed by atoms with E-state index in [0.29, 0.717) is 19.0 Å². The molecule has 84 valence electrons. The van der Waals surface area contributed by atoms with Gasteiger partial charge >= 0.3 is 5.76 Å². The number of rotatable bonds is 7. The molecule has 14 heavy (non-hydrogen) atoms. The fourth-order valence-electron chi connectivity index (χ4n) is 0.959. The summed E-state index contributed by atoms with van der Waals surface area (Å²) in [6, 6.07) is 0.557. The summed E-state index contributed by atoms with van der Waals surface area (Å²) >= 11 is 0. The van der Waals surface area contributed by atoms with Gasteiger partial charge in [0.2, 0.25) is 0 Å². The van der Waals surface area contributed by atoms with Gasteiger partial charge in [0.1, 0.15) is 0 Å². The Kier molecular flexibility index (Phi) is 4.21. The molecule has 1 aliphatic carbocycles. The molecule has 0 radical (unpaired) electrons. The van der Waals surface area contributed by atoms with Gasteiger partial charge in [-0.2, -0.15) is 8.78 Å². The number of alkyl halides is 2. The van der Waals surface area contributed by atoms with Crippen LogP contribution in [0.4, 0.5) is 8.78 Å². The molecule has 1 rings (SSSR count). The zero-order valence-electron chi connectivity index (χ0n) is 7.67. The van der Waals surface area contributed by atoms with Crippen LogP contribution in [0.25, 0.3) is 0 Å². The van der Waals surface area contributed by atoms with Crippen LogP contribution in [0.2, 0.25) is 0 Å². The van der Waals surface area contributed by atoms with Gasteiger partial charge in [-0.05, 0) is 25.8 Å². The molecule has 0 unspecified atom stereocenters. The van der Waals surface area contributed by atoms with E-state index < -0.39 is 15.8 Å². The van der Waals surface area contributed by atoms with E-state index in [1.165, 1.54) is 0 Å². The highest BCUT2D eigenvalue weighted by molar-refractivity contribution is 7.89. The molecular weight excluding hydrogens is 214 g/mol. The van der Waals surface area contributed by atoms with Crippen LogP contribution in [0.5, 0.6) is 0 Å². The average Bonchev–Trinajstić information content (AvgIpc) is 2.87. The lowest BCUT2D eigenvalue weighted by atomic mass is 10.4. The van der Waals surface area contributed by atoms with Crippen LogP contribution in [-0.2, 0) is 10.0 Å². The van der Waals surface area contributed by atoms with Gasteiger partial charge in [0.05, 0.1) is 0 Å². The second-order valence-corrected chi connectivity index (χ2v) is 5.02. The molecule has 0 aliphatic heterocycles. The summed E-state index contributed by atoms with van der Waals surface area (Å²) < 4.78 is 46.5. The van der Waals surface area contributed by atoms with Gasteiger partial charge in [-0.15, -0.1) is 0 Å². The quantitative estimate of drug-likeness (QED) is 0.615. The van der Waals surface area contributed by atoms with E-state index in [1.54, 1.807) is 0 Å². The summed E-state index contributed by atoms with van der Waals surface area (Å²) in [5.41, 5.74) is 0. The molecule has 0 saturated heterocycles. The van der Waals surface area contributed by atoms with Crippen molar-refractivity contribution in [2.24, 2.45) is 0 Å². The molecule has 2 N–H and O–H groups in total. The third-order valence-corrected chi connectivity index (χ3v) is 2.98. The number of nitrogens with one attached hydrogen (secondary N) is 2. The number of halogens is 2. The standard InChI is InChI=1S/C7H14F2N2O2S/c8-7(9)14(12,13)11-5-1-4-10-6-2-3-6/h6-7,10-11H,1-5H2. The SMILES string of the molecule is O=S(=O)(NCCCNC1CC1)C(F)F. The molecule has 1 aliphatic rings. The second-order valence-electron chi connectivity index (χ2n) is 3.28. The first-order chi connectivity index (χ1) is 6.52. The van der Waals surface area contributed by atoms with Crippen molar-refractivity contribution in [2.75, 3.05) is 13.1 Å². The highest BCUT2D eigenvalue weighted by Gasteiger charge is 2.23. The summed E-state index contributed by atoms with van der Waals surface area (Å²) in [6.07, 6.45) is 2.84. The van der Waals surface area contributed by atoms with E-state index >= 15 is 0 Å². The lowest BCUT2D eigenvalue weighted by Crippen LogP contribution is -2.32. The lowest BCUT2D eigenvalue weighted by molar-refractivity contribution is 0.232. The fraction of sp³-hybridized carbons (Fsp3) is 1.00. The van der Waals surface area contributed by atoms with Gasteiger partial charge in [0, 0.05) is 12.6 Å². The highest BCUT2D eigenvalue weighted by atomic mass is 32.2. The van der Waals surface area contributed by atoms with Crippen molar-refractivity contribution in [1.29, 1.82) is 0 Å². The maximum atomic E-state index is 11.8. The third kappa shape index (κ3) is 4.30. The average molecular weight is 228 g/mol. The van der Waals surface area contributed by atoms with E-state index in [4.69, 9.17) is 0 Å². The normalized spacial score (nSPS) is 17.6. The molecule has 7 heteroatoms. The molecule has 0 aromatic carbocycles. The van der Waals surface area contributed by atoms with Crippen molar-refractivity contribution >= 4 is 10.0 Å². The molecule has 0 amide bonds. The summed E-state index contributed by atoms with van der Waals surface area (Å²) in [5, 5.41) is 3.15. The number of hydrogen-bond acceptors (Lipinski definition) is 3. The van der Waals surface area contributed by atoms with Crippen LogP contribution < -0.4 is 10.0 Å². The van der Waals surface area contributed by atoms with Crippen molar-refractivity contribution in [3.8, 4) is 0 Å². The Morgan fingerprint density at radius 3 is 2.43 bits per heavy atom. The lowest BCUT2D eigenvalue weighted by Gasteiger charge is -2.05. The molecule has 0 aromatic rings. The largest absolute Gasteiger partial charge is 0.350 e. The molecular formula is C7H14F2N2O2S. The van der Waals surface area contributed by atoms with Crippen molar-refractivity contribution < 1.29 is 17.2 Å². The van der Waals surface area contributed by atoms with Crippen LogP contribution >= 0.6 is 0 Å². The van der Waals surface area contributed by atoms with E-state index in [-0.39, 0.29) is 6.54 Å². The van der Waals surface area contributed by atoms with E-state index in [2.05, 4.69) is 5.32 Å². The number of hydrogen-bond donors (Lipinski definition) is 2. The van der Waals surface area contributed by atoms with Gasteiger partial charge < -0.3 is 5.32 Å². The zero-order valence-corrected chi connectivity index (χ0v) is 8.49. The maximum Gasteiger partial charge on any atom is 0.350 e. The smallest absolute Gasteiger partial charge is 0.314 e. The summed E-state index contributed by atoms with van der Waals surface area (Å²) in [5.74, 6) is -3.33. The molecule has 1 saturated carbocycles. The van der Waals surface area contributed by atoms with Gasteiger partial charge in [-0.3, -0.25) is 0 Å². The molecule has 0 heterocycles. The van der Waals surface area contributed by atoms with Crippen molar-refractivity contribution in [2.45, 2.75) is 31.1 Å². The summed E-state index contributed by atoms with van der Waals surface area (Å²) in [6.45, 7) is 0.725. The Bertz CT molecular complexity index is 265.